The smallest absolute Gasteiger partial charge is 0.303 e. The number of carboxylic acids is 1. The first-order valence-electron chi connectivity index (χ1n) is 11.9. The Morgan fingerprint density at radius 1 is 1.07 bits per heavy atom. The maximum absolute atomic E-state index is 10.8. The summed E-state index contributed by atoms with van der Waals surface area (Å²) < 4.78 is 13.3. The molecular formula is C24H42O4. The number of hydrogen-bond acceptors (Lipinski definition) is 3. The number of aliphatic carboxylic acids is 1. The molecule has 3 fully saturated rings. The van der Waals surface area contributed by atoms with Crippen LogP contribution < -0.4 is 0 Å². The minimum absolute atomic E-state index is 0.101. The summed E-state index contributed by atoms with van der Waals surface area (Å²) in [5, 5.41) is 8.85. The van der Waals surface area contributed by atoms with E-state index < -0.39 is 5.97 Å². The molecule has 1 unspecified atom stereocenters. The summed E-state index contributed by atoms with van der Waals surface area (Å²) in [6.45, 7) is 7.15. The Kier molecular flexibility index (Phi) is 7.83. The van der Waals surface area contributed by atoms with Gasteiger partial charge in [0.15, 0.2) is 0 Å². The Bertz CT molecular complexity index is 505. The Hall–Kier alpha value is -0.610. The van der Waals surface area contributed by atoms with E-state index in [0.717, 1.165) is 38.0 Å². The van der Waals surface area contributed by atoms with Crippen molar-refractivity contribution in [2.45, 2.75) is 128 Å². The first kappa shape index (κ1) is 22.1. The number of rotatable bonds is 7. The van der Waals surface area contributed by atoms with E-state index >= 15 is 0 Å². The van der Waals surface area contributed by atoms with Crippen LogP contribution in [0.25, 0.3) is 0 Å². The van der Waals surface area contributed by atoms with Gasteiger partial charge in [0.1, 0.15) is 0 Å². The second-order valence-corrected chi connectivity index (χ2v) is 10.3. The van der Waals surface area contributed by atoms with Gasteiger partial charge in [0, 0.05) is 6.42 Å². The fraction of sp³-hybridized carbons (Fsp3) is 0.958. The van der Waals surface area contributed by atoms with Gasteiger partial charge in [0.2, 0.25) is 0 Å². The highest BCUT2D eigenvalue weighted by molar-refractivity contribution is 5.66. The summed E-state index contributed by atoms with van der Waals surface area (Å²) in [6.07, 6.45) is 14.8. The van der Waals surface area contributed by atoms with Gasteiger partial charge in [-0.3, -0.25) is 4.79 Å². The molecule has 1 N–H and O–H groups in total. The molecule has 0 bridgehead atoms. The van der Waals surface area contributed by atoms with E-state index in [0.29, 0.717) is 24.0 Å². The third-order valence-electron chi connectivity index (χ3n) is 7.55. The Labute approximate surface area is 171 Å². The molecule has 162 valence electrons. The van der Waals surface area contributed by atoms with Crippen molar-refractivity contribution in [2.75, 3.05) is 0 Å². The van der Waals surface area contributed by atoms with E-state index in [2.05, 4.69) is 20.8 Å². The third-order valence-corrected chi connectivity index (χ3v) is 7.55. The van der Waals surface area contributed by atoms with Crippen LogP contribution in [-0.2, 0) is 14.3 Å². The average Bonchev–Trinajstić information content (AvgIpc) is 2.61. The van der Waals surface area contributed by atoms with Gasteiger partial charge >= 0.3 is 5.97 Å². The SMILES string of the molecule is CC(C)[C@@H]1CC[C@@H](C)CC12CCC[C@@H](C[C@H]1CCC[C@@H](CCCC(=O)O)O1)O2. The molecule has 6 atom stereocenters. The van der Waals surface area contributed by atoms with E-state index in [1.54, 1.807) is 0 Å². The number of carbonyl (C=O) groups is 1. The zero-order valence-corrected chi connectivity index (χ0v) is 18.3. The van der Waals surface area contributed by atoms with Crippen LogP contribution in [-0.4, -0.2) is 35.0 Å². The molecule has 1 spiro atoms. The van der Waals surface area contributed by atoms with Gasteiger partial charge in [-0.05, 0) is 88.4 Å². The zero-order valence-electron chi connectivity index (χ0n) is 18.3. The quantitative estimate of drug-likeness (QED) is 0.578. The van der Waals surface area contributed by atoms with Crippen molar-refractivity contribution in [3.63, 3.8) is 0 Å². The van der Waals surface area contributed by atoms with E-state index in [-0.39, 0.29) is 18.1 Å². The van der Waals surface area contributed by atoms with Crippen LogP contribution in [0.5, 0.6) is 0 Å². The van der Waals surface area contributed by atoms with Crippen LogP contribution in [0.4, 0.5) is 0 Å². The topological polar surface area (TPSA) is 55.8 Å². The molecule has 1 aliphatic carbocycles. The number of ether oxygens (including phenoxy) is 2. The van der Waals surface area contributed by atoms with E-state index in [1.165, 1.54) is 44.9 Å². The monoisotopic (exact) mass is 394 g/mol. The number of hydrogen-bond donors (Lipinski definition) is 1. The first-order valence-corrected chi connectivity index (χ1v) is 11.9. The van der Waals surface area contributed by atoms with Crippen molar-refractivity contribution >= 4 is 5.97 Å². The minimum atomic E-state index is -0.699. The largest absolute Gasteiger partial charge is 0.481 e. The molecule has 0 radical (unpaired) electrons. The van der Waals surface area contributed by atoms with Crippen LogP contribution in [0.15, 0.2) is 0 Å². The summed E-state index contributed by atoms with van der Waals surface area (Å²) in [6, 6.07) is 0. The highest BCUT2D eigenvalue weighted by atomic mass is 16.5. The zero-order chi connectivity index (χ0) is 20.1. The van der Waals surface area contributed by atoms with Crippen LogP contribution in [0, 0.1) is 17.8 Å². The minimum Gasteiger partial charge on any atom is -0.481 e. The standard InChI is InChI=1S/C24H42O4/c1-17(2)22-13-12-18(3)16-24(22)14-6-10-21(28-24)15-20-9-4-7-19(27-20)8-5-11-23(25)26/h17-22H,4-16H2,1-3H3,(H,25,26)/t18-,19+,20-,21+,22+,24?/m1/s1. The van der Waals surface area contributed by atoms with Crippen molar-refractivity contribution in [2.24, 2.45) is 17.8 Å². The molecule has 0 aromatic heterocycles. The molecular weight excluding hydrogens is 352 g/mol. The molecule has 0 aromatic carbocycles. The Morgan fingerprint density at radius 2 is 1.82 bits per heavy atom. The summed E-state index contributed by atoms with van der Waals surface area (Å²) in [5.74, 6) is 1.46. The van der Waals surface area contributed by atoms with Gasteiger partial charge in [-0.15, -0.1) is 0 Å². The lowest BCUT2D eigenvalue weighted by atomic mass is 9.64. The molecule has 2 heterocycles. The van der Waals surface area contributed by atoms with Crippen molar-refractivity contribution in [1.82, 2.24) is 0 Å². The average molecular weight is 395 g/mol. The molecule has 2 aliphatic heterocycles. The van der Waals surface area contributed by atoms with Gasteiger partial charge in [-0.25, -0.2) is 0 Å². The predicted molar refractivity (Wildman–Crippen MR) is 111 cm³/mol. The number of carboxylic acid groups (broad SMARTS) is 1. The van der Waals surface area contributed by atoms with Gasteiger partial charge in [0.25, 0.3) is 0 Å². The molecule has 1 saturated carbocycles. The Morgan fingerprint density at radius 3 is 2.57 bits per heavy atom. The molecule has 0 aromatic rings. The maximum Gasteiger partial charge on any atom is 0.303 e. The molecule has 4 nitrogen and oxygen atoms in total. The fourth-order valence-electron chi connectivity index (χ4n) is 6.32. The fourth-order valence-corrected chi connectivity index (χ4v) is 6.32. The lowest BCUT2D eigenvalue weighted by Gasteiger charge is -2.52. The Balaban J connectivity index is 1.54. The van der Waals surface area contributed by atoms with Crippen molar-refractivity contribution in [3.05, 3.63) is 0 Å². The normalized spacial score (nSPS) is 39.4. The van der Waals surface area contributed by atoms with Gasteiger partial charge < -0.3 is 14.6 Å². The molecule has 3 rings (SSSR count). The first-order chi connectivity index (χ1) is 13.4. The predicted octanol–water partition coefficient (Wildman–Crippen LogP) is 5.97. The van der Waals surface area contributed by atoms with Crippen molar-refractivity contribution in [3.8, 4) is 0 Å². The van der Waals surface area contributed by atoms with Crippen LogP contribution in [0.1, 0.15) is 104 Å². The van der Waals surface area contributed by atoms with Crippen molar-refractivity contribution in [1.29, 1.82) is 0 Å². The highest BCUT2D eigenvalue weighted by Crippen LogP contribution is 2.49. The van der Waals surface area contributed by atoms with Crippen LogP contribution >= 0.6 is 0 Å². The maximum atomic E-state index is 10.8. The van der Waals surface area contributed by atoms with E-state index in [1.807, 2.05) is 0 Å². The summed E-state index contributed by atoms with van der Waals surface area (Å²) >= 11 is 0. The highest BCUT2D eigenvalue weighted by Gasteiger charge is 2.48. The van der Waals surface area contributed by atoms with Gasteiger partial charge in [-0.1, -0.05) is 27.2 Å². The summed E-state index contributed by atoms with van der Waals surface area (Å²) in [5.41, 5.74) is 0.101. The van der Waals surface area contributed by atoms with Gasteiger partial charge in [-0.2, -0.15) is 0 Å². The molecule has 3 aliphatic rings. The molecule has 0 amide bonds. The summed E-state index contributed by atoms with van der Waals surface area (Å²) in [7, 11) is 0. The lowest BCUT2D eigenvalue weighted by molar-refractivity contribution is -0.202. The third kappa shape index (κ3) is 5.72. The second-order valence-electron chi connectivity index (χ2n) is 10.3. The van der Waals surface area contributed by atoms with E-state index in [4.69, 9.17) is 14.6 Å². The van der Waals surface area contributed by atoms with Crippen molar-refractivity contribution < 1.29 is 19.4 Å². The molecule has 2 saturated heterocycles. The second kappa shape index (κ2) is 9.93. The molecule has 4 heteroatoms. The van der Waals surface area contributed by atoms with Crippen LogP contribution in [0.2, 0.25) is 0 Å². The van der Waals surface area contributed by atoms with Crippen LogP contribution in [0.3, 0.4) is 0 Å². The van der Waals surface area contributed by atoms with Gasteiger partial charge in [0.05, 0.1) is 23.9 Å². The molecule has 28 heavy (non-hydrogen) atoms. The summed E-state index contributed by atoms with van der Waals surface area (Å²) in [4.78, 5) is 10.8. The van der Waals surface area contributed by atoms with E-state index in [9.17, 15) is 4.79 Å². The lowest BCUT2D eigenvalue weighted by Crippen LogP contribution is -2.52.